The third kappa shape index (κ3) is 5.51. The molecule has 0 saturated heterocycles. The van der Waals surface area contributed by atoms with Gasteiger partial charge in [0.25, 0.3) is 0 Å². The van der Waals surface area contributed by atoms with Crippen LogP contribution >= 0.6 is 0 Å². The van der Waals surface area contributed by atoms with Gasteiger partial charge in [-0.1, -0.05) is 24.3 Å². The summed E-state index contributed by atoms with van der Waals surface area (Å²) < 4.78 is 16.2. The van der Waals surface area contributed by atoms with Crippen molar-refractivity contribution >= 4 is 5.96 Å². The number of oxazole rings is 1. The van der Waals surface area contributed by atoms with Gasteiger partial charge in [0.2, 0.25) is 5.89 Å². The predicted octanol–water partition coefficient (Wildman–Crippen LogP) is 3.27. The third-order valence-electron chi connectivity index (χ3n) is 4.39. The zero-order valence-corrected chi connectivity index (χ0v) is 16.9. The quantitative estimate of drug-likeness (QED) is 0.451. The highest BCUT2D eigenvalue weighted by Gasteiger charge is 2.08. The van der Waals surface area contributed by atoms with Crippen molar-refractivity contribution in [3.8, 4) is 23.0 Å². The normalized spacial score (nSPS) is 11.2. The second-order valence-electron chi connectivity index (χ2n) is 6.30. The minimum absolute atomic E-state index is 0.520. The first kappa shape index (κ1) is 20.3. The molecule has 1 aromatic heterocycles. The molecule has 2 N–H and O–H groups in total. The second kappa shape index (κ2) is 10.2. The zero-order chi connectivity index (χ0) is 20.5. The first-order valence-electron chi connectivity index (χ1n) is 9.38. The highest BCUT2D eigenvalue weighted by Crippen LogP contribution is 2.27. The summed E-state index contributed by atoms with van der Waals surface area (Å²) >= 11 is 0. The smallest absolute Gasteiger partial charge is 0.226 e. The van der Waals surface area contributed by atoms with Gasteiger partial charge >= 0.3 is 0 Å². The van der Waals surface area contributed by atoms with Crippen LogP contribution in [0.25, 0.3) is 11.5 Å². The lowest BCUT2D eigenvalue weighted by molar-refractivity contribution is 0.354. The Kier molecular flexibility index (Phi) is 7.10. The Balaban J connectivity index is 1.48. The minimum Gasteiger partial charge on any atom is -0.493 e. The molecule has 0 aliphatic carbocycles. The topological polar surface area (TPSA) is 80.9 Å². The SMILES string of the molecule is CN=C(NCCc1ccc(OC)c(OC)c1)NCc1coc(-c2ccccc2)n1. The molecule has 0 aliphatic heterocycles. The molecular weight excluding hydrogens is 368 g/mol. The molecule has 152 valence electrons. The molecule has 2 aromatic carbocycles. The highest BCUT2D eigenvalue weighted by molar-refractivity contribution is 5.79. The summed E-state index contributed by atoms with van der Waals surface area (Å²) in [6.45, 7) is 1.25. The van der Waals surface area contributed by atoms with Gasteiger partial charge in [-0.2, -0.15) is 0 Å². The largest absolute Gasteiger partial charge is 0.493 e. The fourth-order valence-corrected chi connectivity index (χ4v) is 2.86. The number of nitrogens with one attached hydrogen (secondary N) is 2. The lowest BCUT2D eigenvalue weighted by atomic mass is 10.1. The number of benzene rings is 2. The molecule has 0 amide bonds. The van der Waals surface area contributed by atoms with E-state index < -0.39 is 0 Å². The van der Waals surface area contributed by atoms with Crippen LogP contribution in [0.2, 0.25) is 0 Å². The molecule has 1 heterocycles. The van der Waals surface area contributed by atoms with Gasteiger partial charge < -0.3 is 24.5 Å². The Bertz CT molecular complexity index is 938. The number of hydrogen-bond acceptors (Lipinski definition) is 5. The number of rotatable bonds is 8. The van der Waals surface area contributed by atoms with E-state index in [0.717, 1.165) is 41.3 Å². The van der Waals surface area contributed by atoms with Gasteiger partial charge in [-0.05, 0) is 36.2 Å². The van der Waals surface area contributed by atoms with E-state index in [0.29, 0.717) is 18.4 Å². The van der Waals surface area contributed by atoms with Crippen LogP contribution in [0, 0.1) is 0 Å². The van der Waals surface area contributed by atoms with Gasteiger partial charge in [0.15, 0.2) is 17.5 Å². The van der Waals surface area contributed by atoms with Gasteiger partial charge in [0.1, 0.15) is 6.26 Å². The molecule has 3 rings (SSSR count). The van der Waals surface area contributed by atoms with E-state index in [-0.39, 0.29) is 0 Å². The van der Waals surface area contributed by atoms with Gasteiger partial charge in [-0.3, -0.25) is 4.99 Å². The van der Waals surface area contributed by atoms with Crippen molar-refractivity contribution in [2.45, 2.75) is 13.0 Å². The second-order valence-corrected chi connectivity index (χ2v) is 6.30. The van der Waals surface area contributed by atoms with Crippen LogP contribution in [-0.4, -0.2) is 38.8 Å². The average molecular weight is 394 g/mol. The molecule has 0 atom stereocenters. The monoisotopic (exact) mass is 394 g/mol. The summed E-state index contributed by atoms with van der Waals surface area (Å²) in [5, 5.41) is 6.55. The maximum Gasteiger partial charge on any atom is 0.226 e. The van der Waals surface area contributed by atoms with Crippen LogP contribution in [0.3, 0.4) is 0 Å². The van der Waals surface area contributed by atoms with E-state index in [9.17, 15) is 0 Å². The van der Waals surface area contributed by atoms with Crippen molar-refractivity contribution in [3.63, 3.8) is 0 Å². The third-order valence-corrected chi connectivity index (χ3v) is 4.39. The van der Waals surface area contributed by atoms with Gasteiger partial charge in [0.05, 0.1) is 26.5 Å². The Hall–Kier alpha value is -3.48. The number of methoxy groups -OCH3 is 2. The van der Waals surface area contributed by atoms with Crippen molar-refractivity contribution in [2.24, 2.45) is 4.99 Å². The molecule has 0 bridgehead atoms. The van der Waals surface area contributed by atoms with Crippen molar-refractivity contribution in [1.82, 2.24) is 15.6 Å². The molecule has 7 heteroatoms. The number of aliphatic imine (C=N–C) groups is 1. The molecule has 0 spiro atoms. The summed E-state index contributed by atoms with van der Waals surface area (Å²) in [6.07, 6.45) is 2.48. The van der Waals surface area contributed by atoms with Crippen LogP contribution in [0.5, 0.6) is 11.5 Å². The number of nitrogens with zero attached hydrogens (tertiary/aromatic N) is 2. The molecule has 7 nitrogen and oxygen atoms in total. The van der Waals surface area contributed by atoms with E-state index in [1.165, 1.54) is 0 Å². The molecule has 0 radical (unpaired) electrons. The van der Waals surface area contributed by atoms with Gasteiger partial charge in [-0.15, -0.1) is 0 Å². The summed E-state index contributed by atoms with van der Waals surface area (Å²) in [7, 11) is 5.01. The first-order chi connectivity index (χ1) is 14.2. The molecule has 0 aliphatic rings. The standard InChI is InChI=1S/C22H26N4O3/c1-23-22(24-12-11-16-9-10-19(27-2)20(13-16)28-3)25-14-18-15-29-21(26-18)17-7-5-4-6-8-17/h4-10,13,15H,11-12,14H2,1-3H3,(H2,23,24,25). The average Bonchev–Trinajstić information content (AvgIpc) is 3.25. The van der Waals surface area contributed by atoms with Crippen molar-refractivity contribution in [1.29, 1.82) is 0 Å². The van der Waals surface area contributed by atoms with E-state index >= 15 is 0 Å². The molecule has 3 aromatic rings. The maximum atomic E-state index is 5.56. The number of ether oxygens (including phenoxy) is 2. The number of aromatic nitrogens is 1. The molecule has 0 unspecified atom stereocenters. The molecule has 0 fully saturated rings. The first-order valence-corrected chi connectivity index (χ1v) is 9.38. The predicted molar refractivity (Wildman–Crippen MR) is 113 cm³/mol. The Morgan fingerprint density at radius 2 is 1.83 bits per heavy atom. The van der Waals surface area contributed by atoms with Crippen LogP contribution in [0.15, 0.2) is 64.2 Å². The number of guanidine groups is 1. The van der Waals surface area contributed by atoms with E-state index in [4.69, 9.17) is 13.9 Å². The van der Waals surface area contributed by atoms with Crippen molar-refractivity contribution in [2.75, 3.05) is 27.8 Å². The molecular formula is C22H26N4O3. The fraction of sp³-hybridized carbons (Fsp3) is 0.273. The summed E-state index contributed by atoms with van der Waals surface area (Å²) in [4.78, 5) is 8.76. The minimum atomic E-state index is 0.520. The van der Waals surface area contributed by atoms with Gasteiger partial charge in [0, 0.05) is 19.2 Å². The summed E-state index contributed by atoms with van der Waals surface area (Å²) in [5.74, 6) is 2.77. The Morgan fingerprint density at radius 3 is 2.55 bits per heavy atom. The Labute approximate surface area is 170 Å². The van der Waals surface area contributed by atoms with Crippen molar-refractivity contribution < 1.29 is 13.9 Å². The Morgan fingerprint density at radius 1 is 1.03 bits per heavy atom. The lowest BCUT2D eigenvalue weighted by Crippen LogP contribution is -2.37. The van der Waals surface area contributed by atoms with Gasteiger partial charge in [-0.25, -0.2) is 4.98 Å². The summed E-state index contributed by atoms with van der Waals surface area (Å²) in [5.41, 5.74) is 2.91. The number of hydrogen-bond donors (Lipinski definition) is 2. The lowest BCUT2D eigenvalue weighted by Gasteiger charge is -2.12. The van der Waals surface area contributed by atoms with Crippen LogP contribution in [-0.2, 0) is 13.0 Å². The molecule has 29 heavy (non-hydrogen) atoms. The van der Waals surface area contributed by atoms with E-state index in [2.05, 4.69) is 20.6 Å². The maximum absolute atomic E-state index is 5.56. The van der Waals surface area contributed by atoms with Crippen LogP contribution < -0.4 is 20.1 Å². The highest BCUT2D eigenvalue weighted by atomic mass is 16.5. The van der Waals surface area contributed by atoms with Crippen LogP contribution in [0.4, 0.5) is 0 Å². The van der Waals surface area contributed by atoms with E-state index in [1.807, 2.05) is 48.5 Å². The fourth-order valence-electron chi connectivity index (χ4n) is 2.86. The van der Waals surface area contributed by atoms with Crippen molar-refractivity contribution in [3.05, 3.63) is 66.1 Å². The molecule has 0 saturated carbocycles. The van der Waals surface area contributed by atoms with Crippen LogP contribution in [0.1, 0.15) is 11.3 Å². The van der Waals surface area contributed by atoms with E-state index in [1.54, 1.807) is 27.5 Å². The summed E-state index contributed by atoms with van der Waals surface area (Å²) in [6, 6.07) is 15.7. The zero-order valence-electron chi connectivity index (χ0n) is 16.9.